The van der Waals surface area contributed by atoms with Crippen molar-refractivity contribution in [3.8, 4) is 0 Å². The molecule has 0 bridgehead atoms. The number of rotatable bonds is 5. The van der Waals surface area contributed by atoms with Gasteiger partial charge in [0.2, 0.25) is 0 Å². The van der Waals surface area contributed by atoms with Gasteiger partial charge in [-0.1, -0.05) is 13.8 Å². The van der Waals surface area contributed by atoms with Gasteiger partial charge >= 0.3 is 5.97 Å². The highest BCUT2D eigenvalue weighted by Crippen LogP contribution is 2.31. The summed E-state index contributed by atoms with van der Waals surface area (Å²) in [5, 5.41) is 20.0. The standard InChI is InChI=1S/C13H18N2O4/c1-8(2)9(3)14(4)12-7-10(13(16)17)5-6-11(12)15(18)19/h5-9H,1-4H3,(H,16,17). The van der Waals surface area contributed by atoms with Crippen LogP contribution in [0.25, 0.3) is 0 Å². The molecule has 1 aromatic carbocycles. The Balaban J connectivity index is 3.32. The van der Waals surface area contributed by atoms with Crippen LogP contribution in [0.3, 0.4) is 0 Å². The first-order valence-corrected chi connectivity index (χ1v) is 6.00. The number of benzene rings is 1. The summed E-state index contributed by atoms with van der Waals surface area (Å²) in [5.41, 5.74) is 0.287. The molecular weight excluding hydrogens is 248 g/mol. The number of carboxylic acids is 1. The second-order valence-corrected chi connectivity index (χ2v) is 4.86. The van der Waals surface area contributed by atoms with E-state index < -0.39 is 10.9 Å². The smallest absolute Gasteiger partial charge is 0.335 e. The number of aromatic carboxylic acids is 1. The second-order valence-electron chi connectivity index (χ2n) is 4.86. The number of hydrogen-bond donors (Lipinski definition) is 1. The highest BCUT2D eigenvalue weighted by Gasteiger charge is 2.23. The average molecular weight is 266 g/mol. The lowest BCUT2D eigenvalue weighted by molar-refractivity contribution is -0.384. The van der Waals surface area contributed by atoms with Crippen LogP contribution >= 0.6 is 0 Å². The van der Waals surface area contributed by atoms with Gasteiger partial charge < -0.3 is 10.0 Å². The molecular formula is C13H18N2O4. The normalized spacial score (nSPS) is 12.3. The maximum Gasteiger partial charge on any atom is 0.335 e. The van der Waals surface area contributed by atoms with Gasteiger partial charge in [-0.3, -0.25) is 10.1 Å². The van der Waals surface area contributed by atoms with Crippen LogP contribution in [0, 0.1) is 16.0 Å². The molecule has 0 aliphatic carbocycles. The Labute approximate surface area is 111 Å². The van der Waals surface area contributed by atoms with E-state index in [9.17, 15) is 14.9 Å². The molecule has 1 atom stereocenters. The van der Waals surface area contributed by atoms with Gasteiger partial charge in [0, 0.05) is 19.2 Å². The molecule has 19 heavy (non-hydrogen) atoms. The molecule has 1 unspecified atom stereocenters. The van der Waals surface area contributed by atoms with Crippen LogP contribution in [0.2, 0.25) is 0 Å². The summed E-state index contributed by atoms with van der Waals surface area (Å²) in [7, 11) is 1.73. The molecule has 0 aliphatic rings. The van der Waals surface area contributed by atoms with E-state index >= 15 is 0 Å². The summed E-state index contributed by atoms with van der Waals surface area (Å²) in [6.07, 6.45) is 0. The minimum absolute atomic E-state index is 0.0448. The van der Waals surface area contributed by atoms with Crippen molar-refractivity contribution in [3.63, 3.8) is 0 Å². The van der Waals surface area contributed by atoms with Crippen LogP contribution < -0.4 is 4.90 Å². The lowest BCUT2D eigenvalue weighted by atomic mass is 10.0. The quantitative estimate of drug-likeness (QED) is 0.654. The molecule has 0 heterocycles. The Bertz CT molecular complexity index is 499. The Morgan fingerprint density at radius 1 is 1.37 bits per heavy atom. The molecule has 6 nitrogen and oxygen atoms in total. The average Bonchev–Trinajstić information content (AvgIpc) is 2.35. The predicted octanol–water partition coefficient (Wildman–Crippen LogP) is 2.77. The Kier molecular flexibility index (Phi) is 4.47. The molecule has 0 amide bonds. The first kappa shape index (κ1) is 14.9. The number of anilines is 1. The van der Waals surface area contributed by atoms with Crippen molar-refractivity contribution in [1.82, 2.24) is 0 Å². The zero-order chi connectivity index (χ0) is 14.7. The molecule has 1 rings (SSSR count). The van der Waals surface area contributed by atoms with Crippen molar-refractivity contribution in [1.29, 1.82) is 0 Å². The van der Waals surface area contributed by atoms with E-state index in [4.69, 9.17) is 5.11 Å². The van der Waals surface area contributed by atoms with Crippen LogP contribution in [-0.4, -0.2) is 29.1 Å². The highest BCUT2D eigenvalue weighted by molar-refractivity contribution is 5.90. The number of nitro groups is 1. The van der Waals surface area contributed by atoms with Crippen molar-refractivity contribution >= 4 is 17.3 Å². The van der Waals surface area contributed by atoms with E-state index in [1.165, 1.54) is 18.2 Å². The largest absolute Gasteiger partial charge is 0.478 e. The van der Waals surface area contributed by atoms with E-state index in [0.717, 1.165) is 0 Å². The maximum absolute atomic E-state index is 11.0. The van der Waals surface area contributed by atoms with Gasteiger partial charge in [0.1, 0.15) is 5.69 Å². The first-order chi connectivity index (χ1) is 8.75. The van der Waals surface area contributed by atoms with Crippen LogP contribution in [0.1, 0.15) is 31.1 Å². The van der Waals surface area contributed by atoms with Crippen LogP contribution in [-0.2, 0) is 0 Å². The molecule has 1 aromatic rings. The molecule has 6 heteroatoms. The number of hydrogen-bond acceptors (Lipinski definition) is 4. The molecule has 0 saturated heterocycles. The predicted molar refractivity (Wildman–Crippen MR) is 72.8 cm³/mol. The minimum Gasteiger partial charge on any atom is -0.478 e. The zero-order valence-electron chi connectivity index (χ0n) is 11.5. The lowest BCUT2D eigenvalue weighted by Crippen LogP contribution is -2.33. The fraction of sp³-hybridized carbons (Fsp3) is 0.462. The third-order valence-electron chi connectivity index (χ3n) is 3.37. The number of nitro benzene ring substituents is 1. The lowest BCUT2D eigenvalue weighted by Gasteiger charge is -2.29. The highest BCUT2D eigenvalue weighted by atomic mass is 16.6. The molecule has 0 spiro atoms. The zero-order valence-corrected chi connectivity index (χ0v) is 11.5. The van der Waals surface area contributed by atoms with Gasteiger partial charge in [-0.2, -0.15) is 0 Å². The van der Waals surface area contributed by atoms with Crippen molar-refractivity contribution in [2.75, 3.05) is 11.9 Å². The summed E-state index contributed by atoms with van der Waals surface area (Å²) in [4.78, 5) is 23.3. The third kappa shape index (κ3) is 3.21. The fourth-order valence-corrected chi connectivity index (χ4v) is 1.76. The monoisotopic (exact) mass is 266 g/mol. The molecule has 0 radical (unpaired) electrons. The molecule has 0 aromatic heterocycles. The molecule has 104 valence electrons. The van der Waals surface area contributed by atoms with Crippen LogP contribution in [0.15, 0.2) is 18.2 Å². The van der Waals surface area contributed by atoms with Crippen molar-refractivity contribution in [2.45, 2.75) is 26.8 Å². The number of carbonyl (C=O) groups is 1. The van der Waals surface area contributed by atoms with Crippen molar-refractivity contribution in [3.05, 3.63) is 33.9 Å². The number of nitrogens with zero attached hydrogens (tertiary/aromatic N) is 2. The SMILES string of the molecule is CC(C)C(C)N(C)c1cc(C(=O)O)ccc1[N+](=O)[O-]. The van der Waals surface area contributed by atoms with Crippen LogP contribution in [0.4, 0.5) is 11.4 Å². The van der Waals surface area contributed by atoms with Gasteiger partial charge in [-0.05, 0) is 25.0 Å². The van der Waals surface area contributed by atoms with E-state index in [0.29, 0.717) is 5.69 Å². The van der Waals surface area contributed by atoms with Gasteiger partial charge in [-0.15, -0.1) is 0 Å². The summed E-state index contributed by atoms with van der Waals surface area (Å²) in [6, 6.07) is 3.89. The summed E-state index contributed by atoms with van der Waals surface area (Å²) >= 11 is 0. The van der Waals surface area contributed by atoms with Gasteiger partial charge in [0.25, 0.3) is 5.69 Å². The Morgan fingerprint density at radius 3 is 2.37 bits per heavy atom. The second kappa shape index (κ2) is 5.69. The van der Waals surface area contributed by atoms with Crippen molar-refractivity contribution in [2.24, 2.45) is 5.92 Å². The topological polar surface area (TPSA) is 83.7 Å². The Morgan fingerprint density at radius 2 is 1.95 bits per heavy atom. The van der Waals surface area contributed by atoms with Crippen LogP contribution in [0.5, 0.6) is 0 Å². The molecule has 1 N–H and O–H groups in total. The van der Waals surface area contributed by atoms with Crippen molar-refractivity contribution < 1.29 is 14.8 Å². The van der Waals surface area contributed by atoms with E-state index in [2.05, 4.69) is 0 Å². The Hall–Kier alpha value is -2.11. The van der Waals surface area contributed by atoms with Gasteiger partial charge in [0.15, 0.2) is 0 Å². The minimum atomic E-state index is -1.10. The van der Waals surface area contributed by atoms with Gasteiger partial charge in [-0.25, -0.2) is 4.79 Å². The summed E-state index contributed by atoms with van der Waals surface area (Å²) in [6.45, 7) is 5.96. The molecule has 0 fully saturated rings. The maximum atomic E-state index is 11.0. The number of carboxylic acid groups (broad SMARTS) is 1. The van der Waals surface area contributed by atoms with E-state index in [1.54, 1.807) is 11.9 Å². The first-order valence-electron chi connectivity index (χ1n) is 6.00. The third-order valence-corrected chi connectivity index (χ3v) is 3.37. The van der Waals surface area contributed by atoms with E-state index in [-0.39, 0.29) is 23.2 Å². The van der Waals surface area contributed by atoms with Gasteiger partial charge in [0.05, 0.1) is 10.5 Å². The van der Waals surface area contributed by atoms with E-state index in [1.807, 2.05) is 20.8 Å². The molecule has 0 aliphatic heterocycles. The summed E-state index contributed by atoms with van der Waals surface area (Å²) in [5.74, 6) is -0.806. The summed E-state index contributed by atoms with van der Waals surface area (Å²) < 4.78 is 0. The molecule has 0 saturated carbocycles. The fourth-order valence-electron chi connectivity index (χ4n) is 1.76.